The lowest BCUT2D eigenvalue weighted by atomic mass is 9.92. The van der Waals surface area contributed by atoms with E-state index in [-0.39, 0.29) is 24.0 Å². The van der Waals surface area contributed by atoms with E-state index in [9.17, 15) is 13.2 Å². The van der Waals surface area contributed by atoms with Crippen LogP contribution < -0.4 is 5.32 Å². The highest BCUT2D eigenvalue weighted by Gasteiger charge is 2.33. The van der Waals surface area contributed by atoms with Crippen LogP contribution in [-0.2, 0) is 26.2 Å². The highest BCUT2D eigenvalue weighted by molar-refractivity contribution is 7.89. The molecule has 1 N–H and O–H groups in total. The molecule has 0 aliphatic carbocycles. The van der Waals surface area contributed by atoms with Gasteiger partial charge in [-0.2, -0.15) is 0 Å². The second-order valence-corrected chi connectivity index (χ2v) is 12.5. The minimum Gasteiger partial charge on any atom is -0.461 e. The predicted octanol–water partition coefficient (Wildman–Crippen LogP) is 4.87. The molecule has 0 radical (unpaired) electrons. The van der Waals surface area contributed by atoms with Gasteiger partial charge in [-0.3, -0.25) is 9.69 Å². The molecule has 3 atom stereocenters. The number of sulfonamides is 1. The number of piperidine rings is 1. The van der Waals surface area contributed by atoms with E-state index in [1.165, 1.54) is 4.31 Å². The Labute approximate surface area is 239 Å². The number of likely N-dealkylation sites (N-methyl/N-ethyl adjacent to an activating group) is 1. The Balaban J connectivity index is 1.39. The second kappa shape index (κ2) is 14.6. The zero-order valence-corrected chi connectivity index (χ0v) is 24.3. The van der Waals surface area contributed by atoms with Crippen molar-refractivity contribution in [3.8, 4) is 0 Å². The molecule has 8 heteroatoms. The Morgan fingerprint density at radius 3 is 2.27 bits per heavy atom. The Morgan fingerprint density at radius 1 is 1.00 bits per heavy atom. The molecule has 7 nitrogen and oxygen atoms in total. The molecule has 1 heterocycles. The number of hydrogen-bond donors (Lipinski definition) is 1. The van der Waals surface area contributed by atoms with Crippen LogP contribution >= 0.6 is 0 Å². The van der Waals surface area contributed by atoms with Gasteiger partial charge >= 0.3 is 5.97 Å². The first-order valence-corrected chi connectivity index (χ1v) is 15.6. The monoisotopic (exact) mass is 563 g/mol. The van der Waals surface area contributed by atoms with Crippen LogP contribution in [0.3, 0.4) is 0 Å². The zero-order chi connectivity index (χ0) is 28.4. The van der Waals surface area contributed by atoms with Crippen molar-refractivity contribution in [3.05, 3.63) is 102 Å². The van der Waals surface area contributed by atoms with Crippen molar-refractivity contribution in [2.24, 2.45) is 5.92 Å². The van der Waals surface area contributed by atoms with Crippen molar-refractivity contribution in [2.75, 3.05) is 33.2 Å². The Bertz CT molecular complexity index is 1290. The standard InChI is InChI=1S/C32H41N3O4S/c1-3-33-31-23-28(32(36)39-25-26-13-7-4-8-14-26)19-21-35(31)22-20-29(27-15-9-5-10-16-27)24-34(2)40(37,38)30-17-11-6-12-18-30/h4-18,28-29,31,33H,3,19-25H2,1-2H3/t28?,29-,31-/m0/s1. The van der Waals surface area contributed by atoms with Gasteiger partial charge in [-0.25, -0.2) is 12.7 Å². The number of esters is 1. The first-order valence-electron chi connectivity index (χ1n) is 14.1. The van der Waals surface area contributed by atoms with Crippen LogP contribution in [0.5, 0.6) is 0 Å². The van der Waals surface area contributed by atoms with Crippen molar-refractivity contribution in [1.82, 2.24) is 14.5 Å². The highest BCUT2D eigenvalue weighted by Crippen LogP contribution is 2.28. The van der Waals surface area contributed by atoms with Gasteiger partial charge < -0.3 is 10.1 Å². The minimum atomic E-state index is -3.59. The van der Waals surface area contributed by atoms with Crippen LogP contribution in [0.4, 0.5) is 0 Å². The van der Waals surface area contributed by atoms with Gasteiger partial charge in [0, 0.05) is 26.7 Å². The molecule has 0 bridgehead atoms. The van der Waals surface area contributed by atoms with Gasteiger partial charge in [0.15, 0.2) is 0 Å². The zero-order valence-electron chi connectivity index (χ0n) is 23.5. The summed E-state index contributed by atoms with van der Waals surface area (Å²) in [4.78, 5) is 15.6. The van der Waals surface area contributed by atoms with Crippen molar-refractivity contribution >= 4 is 16.0 Å². The molecule has 1 aliphatic heterocycles. The van der Waals surface area contributed by atoms with Crippen molar-refractivity contribution in [1.29, 1.82) is 0 Å². The van der Waals surface area contributed by atoms with Gasteiger partial charge in [0.25, 0.3) is 0 Å². The van der Waals surface area contributed by atoms with Gasteiger partial charge in [-0.1, -0.05) is 85.8 Å². The van der Waals surface area contributed by atoms with Crippen molar-refractivity contribution in [2.45, 2.75) is 49.8 Å². The Hall–Kier alpha value is -3.04. The molecule has 214 valence electrons. The number of carbonyl (C=O) groups excluding carboxylic acids is 1. The number of benzene rings is 3. The van der Waals surface area contributed by atoms with Crippen LogP contribution in [0.15, 0.2) is 95.9 Å². The van der Waals surface area contributed by atoms with Crippen LogP contribution in [0.25, 0.3) is 0 Å². The summed E-state index contributed by atoms with van der Waals surface area (Å²) >= 11 is 0. The summed E-state index contributed by atoms with van der Waals surface area (Å²) in [5.41, 5.74) is 2.11. The van der Waals surface area contributed by atoms with Crippen LogP contribution in [0.2, 0.25) is 0 Å². The fourth-order valence-electron chi connectivity index (χ4n) is 5.38. The third-order valence-corrected chi connectivity index (χ3v) is 9.51. The Kier molecular flexibility index (Phi) is 10.9. The molecule has 40 heavy (non-hydrogen) atoms. The van der Waals surface area contributed by atoms with E-state index < -0.39 is 10.0 Å². The van der Waals surface area contributed by atoms with Gasteiger partial charge in [-0.05, 0) is 55.0 Å². The Morgan fingerprint density at radius 2 is 1.62 bits per heavy atom. The van der Waals surface area contributed by atoms with Crippen molar-refractivity contribution in [3.63, 3.8) is 0 Å². The molecule has 1 unspecified atom stereocenters. The third kappa shape index (κ3) is 8.01. The molecular weight excluding hydrogens is 522 g/mol. The van der Waals surface area contributed by atoms with E-state index in [1.807, 2.05) is 54.6 Å². The van der Waals surface area contributed by atoms with Crippen LogP contribution in [0.1, 0.15) is 43.2 Å². The maximum Gasteiger partial charge on any atom is 0.309 e. The molecule has 0 spiro atoms. The number of ether oxygens (including phenoxy) is 1. The average Bonchev–Trinajstić information content (AvgIpc) is 2.99. The molecule has 0 saturated carbocycles. The lowest BCUT2D eigenvalue weighted by Gasteiger charge is -2.40. The largest absolute Gasteiger partial charge is 0.461 e. The highest BCUT2D eigenvalue weighted by atomic mass is 32.2. The van der Waals surface area contributed by atoms with E-state index in [0.717, 1.165) is 43.6 Å². The van der Waals surface area contributed by atoms with Crippen LogP contribution in [-0.4, -0.2) is 63.0 Å². The van der Waals surface area contributed by atoms with E-state index in [4.69, 9.17) is 4.74 Å². The van der Waals surface area contributed by atoms with Gasteiger partial charge in [0.2, 0.25) is 10.0 Å². The smallest absolute Gasteiger partial charge is 0.309 e. The molecule has 3 aromatic carbocycles. The van der Waals surface area contributed by atoms with E-state index in [1.54, 1.807) is 31.3 Å². The molecule has 1 aliphatic rings. The number of nitrogens with one attached hydrogen (secondary N) is 1. The van der Waals surface area contributed by atoms with Crippen LogP contribution in [0, 0.1) is 5.92 Å². The topological polar surface area (TPSA) is 79.0 Å². The fourth-order valence-corrected chi connectivity index (χ4v) is 6.62. The fraction of sp³-hybridized carbons (Fsp3) is 0.406. The molecule has 3 aromatic rings. The summed E-state index contributed by atoms with van der Waals surface area (Å²) in [7, 11) is -1.93. The lowest BCUT2D eigenvalue weighted by molar-refractivity contribution is -0.152. The minimum absolute atomic E-state index is 0.0283. The van der Waals surface area contributed by atoms with E-state index in [0.29, 0.717) is 24.5 Å². The van der Waals surface area contributed by atoms with Gasteiger partial charge in [-0.15, -0.1) is 0 Å². The van der Waals surface area contributed by atoms with Gasteiger partial charge in [0.05, 0.1) is 17.0 Å². The van der Waals surface area contributed by atoms with E-state index in [2.05, 4.69) is 29.3 Å². The second-order valence-electron chi connectivity index (χ2n) is 10.4. The number of nitrogens with zero attached hydrogens (tertiary/aromatic N) is 2. The molecule has 0 aromatic heterocycles. The summed E-state index contributed by atoms with van der Waals surface area (Å²) in [5, 5.41) is 3.56. The summed E-state index contributed by atoms with van der Waals surface area (Å²) < 4.78 is 33.6. The van der Waals surface area contributed by atoms with Gasteiger partial charge in [0.1, 0.15) is 6.61 Å². The molecule has 4 rings (SSSR count). The third-order valence-electron chi connectivity index (χ3n) is 7.67. The molecular formula is C32H41N3O4S. The number of carbonyl (C=O) groups is 1. The number of rotatable bonds is 13. The summed E-state index contributed by atoms with van der Waals surface area (Å²) in [6, 6.07) is 28.5. The molecule has 1 fully saturated rings. The number of hydrogen-bond acceptors (Lipinski definition) is 6. The van der Waals surface area contributed by atoms with Crippen molar-refractivity contribution < 1.29 is 17.9 Å². The predicted molar refractivity (Wildman–Crippen MR) is 158 cm³/mol. The number of likely N-dealkylation sites (tertiary alicyclic amines) is 1. The first kappa shape index (κ1) is 29.9. The SMILES string of the molecule is CCN[C@@H]1CC(C(=O)OCc2ccccc2)CCN1CC[C@@H](CN(C)S(=O)(=O)c1ccccc1)c1ccccc1. The average molecular weight is 564 g/mol. The normalized spacial score (nSPS) is 18.9. The maximum atomic E-state index is 13.2. The van der Waals surface area contributed by atoms with E-state index >= 15 is 0 Å². The summed E-state index contributed by atoms with van der Waals surface area (Å²) in [5.74, 6) is -0.252. The molecule has 0 amide bonds. The lowest BCUT2D eigenvalue weighted by Crippen LogP contribution is -2.52. The quantitative estimate of drug-likeness (QED) is 0.299. The summed E-state index contributed by atoms with van der Waals surface area (Å²) in [6.45, 7) is 5.13. The summed E-state index contributed by atoms with van der Waals surface area (Å²) in [6.07, 6.45) is 2.30. The maximum absolute atomic E-state index is 13.2. The molecule has 1 saturated heterocycles. The first-order chi connectivity index (χ1) is 19.4.